The molecule has 0 amide bonds. The second kappa shape index (κ2) is 7.46. The fourth-order valence-corrected chi connectivity index (χ4v) is 2.30. The van der Waals surface area contributed by atoms with Crippen LogP contribution in [0, 0.1) is 0 Å². The number of anilines is 1. The molecule has 2 aromatic rings. The van der Waals surface area contributed by atoms with Gasteiger partial charge in [0, 0.05) is 19.8 Å². The van der Waals surface area contributed by atoms with Crippen LogP contribution < -0.4 is 4.90 Å². The van der Waals surface area contributed by atoms with Crippen molar-refractivity contribution in [1.82, 2.24) is 0 Å². The first-order valence-electron chi connectivity index (χ1n) is 7.49. The van der Waals surface area contributed by atoms with Crippen molar-refractivity contribution in [3.63, 3.8) is 0 Å². The summed E-state index contributed by atoms with van der Waals surface area (Å²) in [5, 5.41) is 0. The largest absolute Gasteiger partial charge is 0.378 e. The van der Waals surface area contributed by atoms with E-state index in [4.69, 9.17) is 0 Å². The van der Waals surface area contributed by atoms with Crippen LogP contribution in [0.25, 0.3) is 16.7 Å². The van der Waals surface area contributed by atoms with Gasteiger partial charge in [-0.3, -0.25) is 0 Å². The molecule has 2 aromatic carbocycles. The molecule has 0 aliphatic carbocycles. The first kappa shape index (κ1) is 15.8. The van der Waals surface area contributed by atoms with Crippen molar-refractivity contribution in [1.29, 1.82) is 0 Å². The van der Waals surface area contributed by atoms with Gasteiger partial charge in [-0.25, -0.2) is 0 Å². The van der Waals surface area contributed by atoms with Crippen LogP contribution in [0.4, 0.5) is 5.69 Å². The van der Waals surface area contributed by atoms with Crippen LogP contribution in [-0.4, -0.2) is 14.1 Å². The number of rotatable bonds is 5. The summed E-state index contributed by atoms with van der Waals surface area (Å²) in [6.45, 7) is 5.91. The minimum atomic E-state index is 1.13. The number of benzene rings is 2. The van der Waals surface area contributed by atoms with Crippen LogP contribution in [0.2, 0.25) is 0 Å². The van der Waals surface area contributed by atoms with E-state index < -0.39 is 0 Å². The molecule has 0 N–H and O–H groups in total. The van der Waals surface area contributed by atoms with E-state index in [0.717, 1.165) is 5.57 Å². The summed E-state index contributed by atoms with van der Waals surface area (Å²) in [5.41, 5.74) is 5.98. The molecule has 0 fully saturated rings. The van der Waals surface area contributed by atoms with Gasteiger partial charge in [0.2, 0.25) is 0 Å². The summed E-state index contributed by atoms with van der Waals surface area (Å²) in [6, 6.07) is 17.2. The molecule has 22 heavy (non-hydrogen) atoms. The van der Waals surface area contributed by atoms with E-state index in [2.05, 4.69) is 80.2 Å². The Morgan fingerprint density at radius 2 is 1.73 bits per heavy atom. The van der Waals surface area contributed by atoms with E-state index >= 15 is 0 Å². The molecule has 0 radical (unpaired) electrons. The highest BCUT2D eigenvalue weighted by Gasteiger charge is 2.02. The van der Waals surface area contributed by atoms with Crippen molar-refractivity contribution < 1.29 is 0 Å². The summed E-state index contributed by atoms with van der Waals surface area (Å²) < 4.78 is 0. The predicted molar refractivity (Wildman–Crippen MR) is 99.2 cm³/mol. The summed E-state index contributed by atoms with van der Waals surface area (Å²) in [6.07, 6.45) is 8.02. The fourth-order valence-electron chi connectivity index (χ4n) is 2.30. The van der Waals surface area contributed by atoms with Gasteiger partial charge in [-0.15, -0.1) is 0 Å². The maximum Gasteiger partial charge on any atom is 0.0367 e. The van der Waals surface area contributed by atoms with E-state index in [9.17, 15) is 0 Å². The van der Waals surface area contributed by atoms with E-state index in [0.29, 0.717) is 0 Å². The zero-order valence-electron chi connectivity index (χ0n) is 13.6. The zero-order chi connectivity index (χ0) is 15.9. The second-order valence-electron chi connectivity index (χ2n) is 5.37. The number of hydrogen-bond acceptors (Lipinski definition) is 1. The maximum absolute atomic E-state index is 3.89. The topological polar surface area (TPSA) is 3.24 Å². The van der Waals surface area contributed by atoms with Crippen LogP contribution in [-0.2, 0) is 0 Å². The van der Waals surface area contributed by atoms with Crippen LogP contribution >= 0.6 is 0 Å². The molecule has 1 nitrogen and oxygen atoms in total. The van der Waals surface area contributed by atoms with Crippen molar-refractivity contribution in [2.75, 3.05) is 19.0 Å². The number of hydrogen-bond donors (Lipinski definition) is 0. The minimum Gasteiger partial charge on any atom is -0.378 e. The predicted octanol–water partition coefficient (Wildman–Crippen LogP) is 5.57. The molecule has 0 saturated heterocycles. The SMILES string of the molecule is C=C/C(=C\C=C/C)c1ccc(-c2cccc(N(C)C)c2)cc1. The Morgan fingerprint density at radius 3 is 2.32 bits per heavy atom. The monoisotopic (exact) mass is 289 g/mol. The van der Waals surface area contributed by atoms with Gasteiger partial charge in [-0.1, -0.05) is 67.3 Å². The Hall–Kier alpha value is -2.54. The molecule has 0 bridgehead atoms. The third-order valence-electron chi connectivity index (χ3n) is 3.60. The quantitative estimate of drug-likeness (QED) is 0.651. The van der Waals surface area contributed by atoms with Gasteiger partial charge < -0.3 is 4.90 Å². The summed E-state index contributed by atoms with van der Waals surface area (Å²) in [7, 11) is 4.12. The van der Waals surface area contributed by atoms with Crippen LogP contribution in [0.3, 0.4) is 0 Å². The van der Waals surface area contributed by atoms with Crippen molar-refractivity contribution in [2.45, 2.75) is 6.92 Å². The molecule has 0 saturated carbocycles. The Bertz CT molecular complexity index is 688. The number of allylic oxidation sites excluding steroid dienone is 5. The smallest absolute Gasteiger partial charge is 0.0367 e. The molecule has 2 rings (SSSR count). The normalized spacial score (nSPS) is 11.7. The maximum atomic E-state index is 3.89. The van der Waals surface area contributed by atoms with E-state index in [1.165, 1.54) is 22.4 Å². The molecule has 0 aromatic heterocycles. The van der Waals surface area contributed by atoms with Crippen LogP contribution in [0.1, 0.15) is 12.5 Å². The van der Waals surface area contributed by atoms with Gasteiger partial charge in [0.1, 0.15) is 0 Å². The zero-order valence-corrected chi connectivity index (χ0v) is 13.6. The lowest BCUT2D eigenvalue weighted by Crippen LogP contribution is -2.08. The van der Waals surface area contributed by atoms with Gasteiger partial charge in [0.15, 0.2) is 0 Å². The van der Waals surface area contributed by atoms with Gasteiger partial charge in [0.25, 0.3) is 0 Å². The molecule has 0 atom stereocenters. The first-order chi connectivity index (χ1) is 10.7. The van der Waals surface area contributed by atoms with Gasteiger partial charge in [0.05, 0.1) is 0 Å². The summed E-state index contributed by atoms with van der Waals surface area (Å²) in [4.78, 5) is 2.12. The van der Waals surface area contributed by atoms with Crippen LogP contribution in [0.15, 0.2) is 79.4 Å². The fraction of sp³-hybridized carbons (Fsp3) is 0.143. The molecular formula is C21H23N. The highest BCUT2D eigenvalue weighted by molar-refractivity contribution is 5.77. The number of nitrogens with zero attached hydrogens (tertiary/aromatic N) is 1. The Labute approximate surface area is 133 Å². The van der Waals surface area contributed by atoms with Crippen LogP contribution in [0.5, 0.6) is 0 Å². The van der Waals surface area contributed by atoms with E-state index in [-0.39, 0.29) is 0 Å². The van der Waals surface area contributed by atoms with Gasteiger partial charge >= 0.3 is 0 Å². The third-order valence-corrected chi connectivity index (χ3v) is 3.60. The Balaban J connectivity index is 2.32. The molecule has 0 heterocycles. The third kappa shape index (κ3) is 3.76. The van der Waals surface area contributed by atoms with Gasteiger partial charge in [-0.05, 0) is 41.3 Å². The molecule has 0 aliphatic heterocycles. The highest BCUT2D eigenvalue weighted by Crippen LogP contribution is 2.26. The van der Waals surface area contributed by atoms with Gasteiger partial charge in [-0.2, -0.15) is 0 Å². The van der Waals surface area contributed by atoms with Crippen molar-refractivity contribution in [2.24, 2.45) is 0 Å². The average molecular weight is 289 g/mol. The molecule has 0 unspecified atom stereocenters. The van der Waals surface area contributed by atoms with Crippen molar-refractivity contribution >= 4 is 11.3 Å². The molecule has 0 aliphatic rings. The van der Waals surface area contributed by atoms with E-state index in [1.54, 1.807) is 0 Å². The standard InChI is InChI=1S/C21H23N/c1-5-7-9-17(6-2)18-12-14-19(15-13-18)20-10-8-11-21(16-20)22(3)4/h5-16H,2H2,1,3-4H3/b7-5-,17-9+. The van der Waals surface area contributed by atoms with Crippen molar-refractivity contribution in [3.05, 3.63) is 85.0 Å². The Kier molecular flexibility index (Phi) is 5.37. The summed E-state index contributed by atoms with van der Waals surface area (Å²) in [5.74, 6) is 0. The lowest BCUT2D eigenvalue weighted by molar-refractivity contribution is 1.13. The second-order valence-corrected chi connectivity index (χ2v) is 5.37. The average Bonchev–Trinajstić information content (AvgIpc) is 2.56. The van der Waals surface area contributed by atoms with Crippen molar-refractivity contribution in [3.8, 4) is 11.1 Å². The first-order valence-corrected chi connectivity index (χ1v) is 7.49. The van der Waals surface area contributed by atoms with E-state index in [1.807, 2.05) is 25.2 Å². The lowest BCUT2D eigenvalue weighted by atomic mass is 9.99. The molecular weight excluding hydrogens is 266 g/mol. The molecule has 0 spiro atoms. The summed E-state index contributed by atoms with van der Waals surface area (Å²) >= 11 is 0. The minimum absolute atomic E-state index is 1.13. The lowest BCUT2D eigenvalue weighted by Gasteiger charge is -2.14. The highest BCUT2D eigenvalue weighted by atomic mass is 15.1. The molecule has 1 heteroatoms. The Morgan fingerprint density at radius 1 is 1.00 bits per heavy atom. The molecule has 112 valence electrons.